The van der Waals surface area contributed by atoms with E-state index in [0.717, 1.165) is 10.2 Å². The van der Waals surface area contributed by atoms with Crippen molar-refractivity contribution in [3.8, 4) is 23.8 Å². The number of carbonyl (C=O) groups is 1. The van der Waals surface area contributed by atoms with Crippen molar-refractivity contribution >= 4 is 38.6 Å². The Hall–Kier alpha value is -3.77. The van der Waals surface area contributed by atoms with Gasteiger partial charge in [0.05, 0.1) is 36.5 Å². The van der Waals surface area contributed by atoms with Gasteiger partial charge in [-0.15, -0.1) is 6.42 Å². The average molecular weight is 423 g/mol. The highest BCUT2D eigenvalue weighted by Crippen LogP contribution is 2.33. The van der Waals surface area contributed by atoms with Gasteiger partial charge in [-0.05, 0) is 12.1 Å². The molecule has 0 spiro atoms. The van der Waals surface area contributed by atoms with Crippen LogP contribution in [0.3, 0.4) is 0 Å². The van der Waals surface area contributed by atoms with Crippen molar-refractivity contribution < 1.29 is 18.7 Å². The van der Waals surface area contributed by atoms with Gasteiger partial charge in [-0.3, -0.25) is 9.36 Å². The summed E-state index contributed by atoms with van der Waals surface area (Å²) in [5.74, 6) is 2.58. The minimum Gasteiger partial charge on any atom is -0.493 e. The summed E-state index contributed by atoms with van der Waals surface area (Å²) >= 11 is 1.29. The summed E-state index contributed by atoms with van der Waals surface area (Å²) in [4.78, 5) is 29.4. The number of amides is 1. The molecule has 9 heteroatoms. The Morgan fingerprint density at radius 2 is 1.90 bits per heavy atom. The quantitative estimate of drug-likeness (QED) is 0.460. The fraction of sp³-hybridized carbons (Fsp3) is 0.190. The van der Waals surface area contributed by atoms with Crippen molar-refractivity contribution in [2.45, 2.75) is 13.1 Å². The van der Waals surface area contributed by atoms with E-state index >= 15 is 0 Å². The van der Waals surface area contributed by atoms with Gasteiger partial charge in [-0.25, -0.2) is 4.79 Å². The van der Waals surface area contributed by atoms with Crippen LogP contribution in [0.5, 0.6) is 11.5 Å². The topological polar surface area (TPSA) is 88.0 Å². The largest absolute Gasteiger partial charge is 0.493 e. The summed E-state index contributed by atoms with van der Waals surface area (Å²) in [5.41, 5.74) is 1.72. The molecule has 0 N–H and O–H groups in total. The summed E-state index contributed by atoms with van der Waals surface area (Å²) < 4.78 is 19.7. The predicted molar refractivity (Wildman–Crippen MR) is 113 cm³/mol. The molecule has 0 fully saturated rings. The SMILES string of the molecule is C#CCn1c(=NC(=O)Cn2c(=O)oc3ccccc32)sc2cc(OC)c(OC)cc21. The third-order valence-corrected chi connectivity index (χ3v) is 5.57. The number of hydrogen-bond acceptors (Lipinski definition) is 6. The van der Waals surface area contributed by atoms with Crippen LogP contribution in [-0.4, -0.2) is 29.3 Å². The van der Waals surface area contributed by atoms with E-state index in [0.29, 0.717) is 27.4 Å². The first kappa shape index (κ1) is 19.5. The molecular formula is C21H17N3O5S. The van der Waals surface area contributed by atoms with Crippen molar-refractivity contribution in [1.82, 2.24) is 9.13 Å². The summed E-state index contributed by atoms with van der Waals surface area (Å²) in [5, 5.41) is 0. The minimum absolute atomic E-state index is 0.218. The highest BCUT2D eigenvalue weighted by molar-refractivity contribution is 7.16. The molecule has 0 radical (unpaired) electrons. The molecule has 8 nitrogen and oxygen atoms in total. The van der Waals surface area contributed by atoms with Crippen molar-refractivity contribution in [2.24, 2.45) is 4.99 Å². The Bertz CT molecular complexity index is 1430. The van der Waals surface area contributed by atoms with Gasteiger partial charge < -0.3 is 18.5 Å². The number of thiazole rings is 1. The van der Waals surface area contributed by atoms with Crippen LogP contribution in [0.15, 0.2) is 50.6 Å². The molecule has 0 saturated heterocycles. The number of methoxy groups -OCH3 is 2. The summed E-state index contributed by atoms with van der Waals surface area (Å²) in [6, 6.07) is 10.5. The molecule has 0 atom stereocenters. The van der Waals surface area contributed by atoms with Crippen LogP contribution >= 0.6 is 11.3 Å². The molecule has 0 aliphatic heterocycles. The number of nitrogens with zero attached hydrogens (tertiary/aromatic N) is 3. The maximum absolute atomic E-state index is 12.7. The number of oxazole rings is 1. The lowest BCUT2D eigenvalue weighted by molar-refractivity contribution is -0.118. The van der Waals surface area contributed by atoms with Gasteiger partial charge in [-0.2, -0.15) is 4.99 Å². The smallest absolute Gasteiger partial charge is 0.420 e. The Morgan fingerprint density at radius 1 is 1.17 bits per heavy atom. The first-order valence-corrected chi connectivity index (χ1v) is 9.72. The van der Waals surface area contributed by atoms with Crippen LogP contribution in [-0.2, 0) is 17.9 Å². The van der Waals surface area contributed by atoms with E-state index in [1.54, 1.807) is 49.1 Å². The first-order chi connectivity index (χ1) is 14.5. The summed E-state index contributed by atoms with van der Waals surface area (Å²) in [6.07, 6.45) is 5.52. The number of terminal acetylenes is 1. The number of para-hydroxylation sites is 2. The van der Waals surface area contributed by atoms with Crippen molar-refractivity contribution in [1.29, 1.82) is 0 Å². The standard InChI is InChI=1S/C21H17N3O5S/c1-4-9-23-14-10-16(27-2)17(28-3)11-18(14)30-20(23)22-19(25)12-24-13-7-5-6-8-15(13)29-21(24)26/h1,5-8,10-11H,9,12H2,2-3H3. The lowest BCUT2D eigenvalue weighted by Gasteiger charge is -2.08. The van der Waals surface area contributed by atoms with E-state index in [1.807, 2.05) is 6.07 Å². The summed E-state index contributed by atoms with van der Waals surface area (Å²) in [7, 11) is 3.10. The average Bonchev–Trinajstić information content (AvgIpc) is 3.23. The molecule has 2 heterocycles. The molecule has 0 saturated carbocycles. The molecule has 4 aromatic rings. The van der Waals surface area contributed by atoms with Crippen LogP contribution in [0.1, 0.15) is 0 Å². The van der Waals surface area contributed by atoms with Gasteiger partial charge in [0, 0.05) is 12.1 Å². The number of benzene rings is 2. The van der Waals surface area contributed by atoms with Crippen molar-refractivity contribution in [3.05, 3.63) is 51.8 Å². The number of ether oxygens (including phenoxy) is 2. The number of hydrogen-bond donors (Lipinski definition) is 0. The maximum Gasteiger partial charge on any atom is 0.420 e. The Balaban J connectivity index is 1.80. The maximum atomic E-state index is 12.7. The third-order valence-electron chi connectivity index (χ3n) is 4.52. The van der Waals surface area contributed by atoms with Gasteiger partial charge in [0.15, 0.2) is 21.9 Å². The minimum atomic E-state index is -0.609. The Kier molecular flexibility index (Phi) is 5.16. The van der Waals surface area contributed by atoms with Gasteiger partial charge in [0.25, 0.3) is 5.91 Å². The number of aromatic nitrogens is 2. The Labute approximate surface area is 174 Å². The molecule has 0 aliphatic carbocycles. The zero-order valence-electron chi connectivity index (χ0n) is 16.2. The van der Waals surface area contributed by atoms with Crippen LogP contribution in [0.2, 0.25) is 0 Å². The Morgan fingerprint density at radius 3 is 2.63 bits per heavy atom. The van der Waals surface area contributed by atoms with E-state index in [2.05, 4.69) is 10.9 Å². The van der Waals surface area contributed by atoms with E-state index in [1.165, 1.54) is 15.9 Å². The van der Waals surface area contributed by atoms with Crippen LogP contribution < -0.4 is 20.0 Å². The fourth-order valence-electron chi connectivity index (χ4n) is 3.17. The molecule has 4 rings (SSSR count). The first-order valence-electron chi connectivity index (χ1n) is 8.90. The second-order valence-corrected chi connectivity index (χ2v) is 7.29. The van der Waals surface area contributed by atoms with E-state index in [9.17, 15) is 9.59 Å². The van der Waals surface area contributed by atoms with Crippen LogP contribution in [0.4, 0.5) is 0 Å². The van der Waals surface area contributed by atoms with E-state index in [-0.39, 0.29) is 13.1 Å². The fourth-order valence-corrected chi connectivity index (χ4v) is 4.22. The molecule has 30 heavy (non-hydrogen) atoms. The molecule has 0 bridgehead atoms. The van der Waals surface area contributed by atoms with Crippen LogP contribution in [0.25, 0.3) is 21.3 Å². The van der Waals surface area contributed by atoms with Gasteiger partial charge >= 0.3 is 5.76 Å². The zero-order chi connectivity index (χ0) is 21.3. The number of fused-ring (bicyclic) bond motifs is 2. The van der Waals surface area contributed by atoms with Gasteiger partial charge in [-0.1, -0.05) is 29.4 Å². The highest BCUT2D eigenvalue weighted by atomic mass is 32.1. The van der Waals surface area contributed by atoms with Gasteiger partial charge in [0.1, 0.15) is 6.54 Å². The third kappa shape index (κ3) is 3.38. The van der Waals surface area contributed by atoms with E-state index in [4.69, 9.17) is 20.3 Å². The van der Waals surface area contributed by atoms with E-state index < -0.39 is 11.7 Å². The highest BCUT2D eigenvalue weighted by Gasteiger charge is 2.15. The summed E-state index contributed by atoms with van der Waals surface area (Å²) in [6.45, 7) is -0.0248. The second kappa shape index (κ2) is 7.93. The number of rotatable bonds is 5. The molecular weight excluding hydrogens is 406 g/mol. The molecule has 0 aliphatic rings. The molecule has 2 aromatic heterocycles. The second-order valence-electron chi connectivity index (χ2n) is 6.28. The molecule has 152 valence electrons. The zero-order valence-corrected chi connectivity index (χ0v) is 17.1. The van der Waals surface area contributed by atoms with Crippen molar-refractivity contribution in [2.75, 3.05) is 14.2 Å². The predicted octanol–water partition coefficient (Wildman–Crippen LogP) is 2.39. The monoisotopic (exact) mass is 423 g/mol. The normalized spacial score (nSPS) is 11.7. The lowest BCUT2D eigenvalue weighted by Crippen LogP contribution is -2.22. The number of carbonyl (C=O) groups excluding carboxylic acids is 1. The van der Waals surface area contributed by atoms with Gasteiger partial charge in [0.2, 0.25) is 0 Å². The lowest BCUT2D eigenvalue weighted by atomic mass is 10.3. The molecule has 2 aromatic carbocycles. The van der Waals surface area contributed by atoms with Crippen LogP contribution in [0, 0.1) is 12.3 Å². The molecule has 0 unspecified atom stereocenters. The molecule has 1 amide bonds. The van der Waals surface area contributed by atoms with Crippen molar-refractivity contribution in [3.63, 3.8) is 0 Å².